The van der Waals surface area contributed by atoms with Gasteiger partial charge in [0.2, 0.25) is 10.0 Å². The molecule has 0 saturated heterocycles. The van der Waals surface area contributed by atoms with E-state index in [-0.39, 0.29) is 16.6 Å². The Morgan fingerprint density at radius 1 is 1.33 bits per heavy atom. The summed E-state index contributed by atoms with van der Waals surface area (Å²) >= 11 is 1.52. The molecule has 2 N–H and O–H groups in total. The maximum atomic E-state index is 13.1. The van der Waals surface area contributed by atoms with Gasteiger partial charge in [0, 0.05) is 17.5 Å². The molecule has 0 aliphatic heterocycles. The second kappa shape index (κ2) is 5.40. The standard InChI is InChI=1S/C14H15FN2O2S2/c15-10-3-6-14(13(16)8-10)21(18,19)17(11-4-5-11)9-12-2-1-7-20-12/h1-3,6-8,11H,4-5,9,16H2. The van der Waals surface area contributed by atoms with Crippen LogP contribution < -0.4 is 5.73 Å². The minimum Gasteiger partial charge on any atom is -0.398 e. The van der Waals surface area contributed by atoms with Crippen LogP contribution in [0.3, 0.4) is 0 Å². The normalized spacial score (nSPS) is 15.5. The summed E-state index contributed by atoms with van der Waals surface area (Å²) < 4.78 is 40.2. The Morgan fingerprint density at radius 2 is 2.10 bits per heavy atom. The minimum atomic E-state index is -3.71. The van der Waals surface area contributed by atoms with Gasteiger partial charge in [0.25, 0.3) is 0 Å². The molecule has 0 bridgehead atoms. The van der Waals surface area contributed by atoms with Crippen molar-refractivity contribution >= 4 is 27.0 Å². The fraction of sp³-hybridized carbons (Fsp3) is 0.286. The highest BCUT2D eigenvalue weighted by molar-refractivity contribution is 7.89. The molecule has 21 heavy (non-hydrogen) atoms. The van der Waals surface area contributed by atoms with E-state index in [9.17, 15) is 12.8 Å². The number of anilines is 1. The van der Waals surface area contributed by atoms with Crippen molar-refractivity contribution in [3.8, 4) is 0 Å². The summed E-state index contributed by atoms with van der Waals surface area (Å²) in [5, 5.41) is 1.92. The first-order valence-electron chi connectivity index (χ1n) is 6.58. The Labute approximate surface area is 127 Å². The number of nitrogen functional groups attached to an aromatic ring is 1. The SMILES string of the molecule is Nc1cc(F)ccc1S(=O)(=O)N(Cc1cccs1)C1CC1. The molecule has 1 fully saturated rings. The number of thiophene rings is 1. The monoisotopic (exact) mass is 326 g/mol. The number of nitrogens with two attached hydrogens (primary N) is 1. The maximum Gasteiger partial charge on any atom is 0.245 e. The first-order chi connectivity index (χ1) is 9.98. The van der Waals surface area contributed by atoms with Crippen LogP contribution in [-0.4, -0.2) is 18.8 Å². The van der Waals surface area contributed by atoms with Gasteiger partial charge in [-0.05, 0) is 42.5 Å². The Morgan fingerprint density at radius 3 is 2.67 bits per heavy atom. The van der Waals surface area contributed by atoms with Crippen LogP contribution in [-0.2, 0) is 16.6 Å². The largest absolute Gasteiger partial charge is 0.398 e. The van der Waals surface area contributed by atoms with Crippen LogP contribution in [0, 0.1) is 5.82 Å². The molecule has 4 nitrogen and oxygen atoms in total. The van der Waals surface area contributed by atoms with E-state index in [4.69, 9.17) is 5.73 Å². The fourth-order valence-electron chi connectivity index (χ4n) is 2.21. The summed E-state index contributed by atoms with van der Waals surface area (Å²) in [6.07, 6.45) is 1.71. The number of hydrogen-bond acceptors (Lipinski definition) is 4. The molecule has 0 atom stereocenters. The lowest BCUT2D eigenvalue weighted by Gasteiger charge is -2.22. The van der Waals surface area contributed by atoms with Gasteiger partial charge in [-0.1, -0.05) is 6.07 Å². The zero-order valence-corrected chi connectivity index (χ0v) is 12.8. The van der Waals surface area contributed by atoms with Crippen molar-refractivity contribution in [3.63, 3.8) is 0 Å². The molecule has 1 saturated carbocycles. The Bertz CT molecular complexity index is 740. The zero-order chi connectivity index (χ0) is 15.0. The molecule has 0 unspecified atom stereocenters. The minimum absolute atomic E-state index is 0.0153. The van der Waals surface area contributed by atoms with Gasteiger partial charge in [-0.15, -0.1) is 11.3 Å². The van der Waals surface area contributed by atoms with Crippen molar-refractivity contribution in [1.29, 1.82) is 0 Å². The van der Waals surface area contributed by atoms with Crippen molar-refractivity contribution in [2.45, 2.75) is 30.3 Å². The maximum absolute atomic E-state index is 13.1. The molecule has 1 aromatic carbocycles. The van der Waals surface area contributed by atoms with E-state index in [0.29, 0.717) is 6.54 Å². The quantitative estimate of drug-likeness (QED) is 0.859. The molecule has 1 aliphatic rings. The summed E-state index contributed by atoms with van der Waals surface area (Å²) in [5.41, 5.74) is 5.65. The fourth-order valence-corrected chi connectivity index (χ4v) is 4.76. The van der Waals surface area contributed by atoms with Crippen LogP contribution in [0.4, 0.5) is 10.1 Å². The molecule has 0 spiro atoms. The van der Waals surface area contributed by atoms with Crippen molar-refractivity contribution in [2.24, 2.45) is 0 Å². The van der Waals surface area contributed by atoms with Crippen LogP contribution in [0.5, 0.6) is 0 Å². The highest BCUT2D eigenvalue weighted by Gasteiger charge is 2.39. The van der Waals surface area contributed by atoms with Crippen molar-refractivity contribution in [1.82, 2.24) is 4.31 Å². The zero-order valence-electron chi connectivity index (χ0n) is 11.2. The van der Waals surface area contributed by atoms with Crippen molar-refractivity contribution in [3.05, 3.63) is 46.4 Å². The summed E-state index contributed by atoms with van der Waals surface area (Å²) in [7, 11) is -3.71. The van der Waals surface area contributed by atoms with Gasteiger partial charge in [-0.25, -0.2) is 12.8 Å². The third-order valence-electron chi connectivity index (χ3n) is 3.40. The molecule has 7 heteroatoms. The first-order valence-corrected chi connectivity index (χ1v) is 8.90. The summed E-state index contributed by atoms with van der Waals surface area (Å²) in [6, 6.07) is 7.22. The number of sulfonamides is 1. The third kappa shape index (κ3) is 2.95. The number of rotatable bonds is 5. The Balaban J connectivity index is 1.97. The van der Waals surface area contributed by atoms with Gasteiger partial charge in [0.1, 0.15) is 10.7 Å². The van der Waals surface area contributed by atoms with Crippen LogP contribution in [0.1, 0.15) is 17.7 Å². The van der Waals surface area contributed by atoms with Gasteiger partial charge in [0.05, 0.1) is 5.69 Å². The Kier molecular flexibility index (Phi) is 3.73. The predicted molar refractivity (Wildman–Crippen MR) is 80.9 cm³/mol. The topological polar surface area (TPSA) is 63.4 Å². The lowest BCUT2D eigenvalue weighted by molar-refractivity contribution is 0.401. The highest BCUT2D eigenvalue weighted by Crippen LogP contribution is 2.35. The molecular weight excluding hydrogens is 311 g/mol. The van der Waals surface area contributed by atoms with Crippen LogP contribution >= 0.6 is 11.3 Å². The van der Waals surface area contributed by atoms with E-state index in [2.05, 4.69) is 0 Å². The summed E-state index contributed by atoms with van der Waals surface area (Å²) in [5.74, 6) is -0.539. The lowest BCUT2D eigenvalue weighted by atomic mass is 10.3. The molecule has 3 rings (SSSR count). The van der Waals surface area contributed by atoms with Gasteiger partial charge >= 0.3 is 0 Å². The van der Waals surface area contributed by atoms with E-state index in [1.165, 1.54) is 21.7 Å². The smallest absolute Gasteiger partial charge is 0.245 e. The van der Waals surface area contributed by atoms with E-state index >= 15 is 0 Å². The number of hydrogen-bond donors (Lipinski definition) is 1. The molecule has 0 amide bonds. The molecule has 1 aromatic heterocycles. The van der Waals surface area contributed by atoms with Crippen LogP contribution in [0.15, 0.2) is 40.6 Å². The van der Waals surface area contributed by atoms with Crippen LogP contribution in [0.25, 0.3) is 0 Å². The van der Waals surface area contributed by atoms with E-state index in [0.717, 1.165) is 29.9 Å². The predicted octanol–water partition coefficient (Wildman–Crippen LogP) is 2.82. The summed E-state index contributed by atoms with van der Waals surface area (Å²) in [4.78, 5) is 0.957. The molecule has 1 heterocycles. The molecule has 1 aliphatic carbocycles. The third-order valence-corrected chi connectivity index (χ3v) is 6.24. The van der Waals surface area contributed by atoms with E-state index < -0.39 is 15.8 Å². The van der Waals surface area contributed by atoms with Crippen molar-refractivity contribution in [2.75, 3.05) is 5.73 Å². The van der Waals surface area contributed by atoms with Gasteiger partial charge < -0.3 is 5.73 Å². The first kappa shape index (κ1) is 14.5. The summed E-state index contributed by atoms with van der Waals surface area (Å²) in [6.45, 7) is 0.335. The van der Waals surface area contributed by atoms with Crippen molar-refractivity contribution < 1.29 is 12.8 Å². The average molecular weight is 326 g/mol. The Hall–Kier alpha value is -1.44. The second-order valence-electron chi connectivity index (χ2n) is 5.04. The number of benzene rings is 1. The number of nitrogens with zero attached hydrogens (tertiary/aromatic N) is 1. The van der Waals surface area contributed by atoms with Gasteiger partial charge in [-0.3, -0.25) is 0 Å². The van der Waals surface area contributed by atoms with E-state index in [1.807, 2.05) is 17.5 Å². The lowest BCUT2D eigenvalue weighted by Crippen LogP contribution is -2.32. The number of halogens is 1. The van der Waals surface area contributed by atoms with Gasteiger partial charge in [-0.2, -0.15) is 4.31 Å². The molecule has 112 valence electrons. The molecular formula is C14H15FN2O2S2. The second-order valence-corrected chi connectivity index (χ2v) is 7.93. The molecule has 2 aromatic rings. The van der Waals surface area contributed by atoms with Gasteiger partial charge in [0.15, 0.2) is 0 Å². The van der Waals surface area contributed by atoms with E-state index in [1.54, 1.807) is 0 Å². The molecule has 0 radical (unpaired) electrons. The van der Waals surface area contributed by atoms with Crippen LogP contribution in [0.2, 0.25) is 0 Å². The highest BCUT2D eigenvalue weighted by atomic mass is 32.2. The average Bonchev–Trinajstić information content (AvgIpc) is 3.11.